The summed E-state index contributed by atoms with van der Waals surface area (Å²) in [5.74, 6) is 1.78. The summed E-state index contributed by atoms with van der Waals surface area (Å²) in [5, 5.41) is 0. The van der Waals surface area contributed by atoms with Crippen LogP contribution < -0.4 is 0 Å². The average Bonchev–Trinajstić information content (AvgIpc) is 2.46. The van der Waals surface area contributed by atoms with Crippen molar-refractivity contribution >= 4 is 39.1 Å². The molecule has 1 nitrogen and oxygen atoms in total. The molecule has 1 aliphatic rings. The van der Waals surface area contributed by atoms with Gasteiger partial charge in [0.05, 0.1) is 0 Å². The minimum absolute atomic E-state index is 0.130. The summed E-state index contributed by atoms with van der Waals surface area (Å²) >= 11 is 16.1. The Balaban J connectivity index is 2.20. The van der Waals surface area contributed by atoms with Crippen molar-refractivity contribution in [1.82, 2.24) is 0 Å². The van der Waals surface area contributed by atoms with Crippen molar-refractivity contribution in [3.63, 3.8) is 0 Å². The van der Waals surface area contributed by atoms with Crippen LogP contribution in [-0.2, 0) is 10.2 Å². The van der Waals surface area contributed by atoms with Crippen LogP contribution in [0.3, 0.4) is 0 Å². The number of ether oxygens (including phenoxy) is 1. The first-order valence-corrected chi connectivity index (χ1v) is 8.52. The quantitative estimate of drug-likeness (QED) is 0.668. The molecule has 2 rings (SSSR count). The van der Waals surface area contributed by atoms with E-state index in [1.807, 2.05) is 6.07 Å². The molecule has 1 aromatic carbocycles. The van der Waals surface area contributed by atoms with E-state index in [1.165, 1.54) is 5.56 Å². The number of alkyl halides is 2. The number of benzene rings is 1. The lowest BCUT2D eigenvalue weighted by Gasteiger charge is -2.35. The number of halogens is 3. The van der Waals surface area contributed by atoms with E-state index in [0.717, 1.165) is 36.9 Å². The van der Waals surface area contributed by atoms with Gasteiger partial charge in [-0.05, 0) is 42.9 Å². The molecule has 1 aromatic rings. The van der Waals surface area contributed by atoms with Gasteiger partial charge < -0.3 is 4.74 Å². The van der Waals surface area contributed by atoms with Crippen molar-refractivity contribution in [2.24, 2.45) is 5.92 Å². The Morgan fingerprint density at radius 1 is 1.21 bits per heavy atom. The molecule has 106 valence electrons. The van der Waals surface area contributed by atoms with Crippen LogP contribution in [0.5, 0.6) is 0 Å². The molecule has 1 aliphatic heterocycles. The van der Waals surface area contributed by atoms with Crippen LogP contribution in [0.25, 0.3) is 0 Å². The summed E-state index contributed by atoms with van der Waals surface area (Å²) in [6.07, 6.45) is 3.27. The van der Waals surface area contributed by atoms with Crippen molar-refractivity contribution < 1.29 is 4.74 Å². The van der Waals surface area contributed by atoms with Crippen LogP contribution in [0.2, 0.25) is 0 Å². The molecule has 0 aliphatic carbocycles. The molecule has 0 atom stereocenters. The maximum absolute atomic E-state index is 6.30. The van der Waals surface area contributed by atoms with Crippen LogP contribution in [0.1, 0.15) is 24.8 Å². The second kappa shape index (κ2) is 7.31. The molecule has 4 heteroatoms. The fourth-order valence-corrected chi connectivity index (χ4v) is 3.95. The lowest BCUT2D eigenvalue weighted by Crippen LogP contribution is -2.35. The van der Waals surface area contributed by atoms with Crippen LogP contribution in [0, 0.1) is 5.92 Å². The fraction of sp³-hybridized carbons (Fsp3) is 0.600. The van der Waals surface area contributed by atoms with Gasteiger partial charge in [-0.1, -0.05) is 28.1 Å². The molecule has 19 heavy (non-hydrogen) atoms. The lowest BCUT2D eigenvalue weighted by atomic mass is 9.75. The summed E-state index contributed by atoms with van der Waals surface area (Å²) in [4.78, 5) is 0. The SMILES string of the molecule is ClCC(CCl)(CC1CCOCC1)c1cccc(Br)c1. The zero-order chi connectivity index (χ0) is 13.7. The highest BCUT2D eigenvalue weighted by atomic mass is 79.9. The Labute approximate surface area is 133 Å². The molecule has 0 radical (unpaired) electrons. The normalized spacial score (nSPS) is 17.6. The fourth-order valence-electron chi connectivity index (χ4n) is 2.74. The zero-order valence-electron chi connectivity index (χ0n) is 10.9. The van der Waals surface area contributed by atoms with Crippen LogP contribution in [0.4, 0.5) is 0 Å². The molecular formula is C15H19BrCl2O. The molecule has 0 unspecified atom stereocenters. The van der Waals surface area contributed by atoms with E-state index in [9.17, 15) is 0 Å². The molecule has 0 N–H and O–H groups in total. The van der Waals surface area contributed by atoms with Gasteiger partial charge in [-0.15, -0.1) is 23.2 Å². The second-order valence-corrected chi connectivity index (χ2v) is 6.77. The molecule has 0 bridgehead atoms. The summed E-state index contributed by atoms with van der Waals surface area (Å²) in [7, 11) is 0. The highest BCUT2D eigenvalue weighted by Crippen LogP contribution is 2.38. The van der Waals surface area contributed by atoms with Gasteiger partial charge in [0.1, 0.15) is 0 Å². The first kappa shape index (κ1) is 15.6. The Morgan fingerprint density at radius 2 is 1.89 bits per heavy atom. The molecule has 1 fully saturated rings. The number of hydrogen-bond donors (Lipinski definition) is 0. The van der Waals surface area contributed by atoms with Crippen molar-refractivity contribution in [3.05, 3.63) is 34.3 Å². The van der Waals surface area contributed by atoms with Crippen molar-refractivity contribution in [1.29, 1.82) is 0 Å². The van der Waals surface area contributed by atoms with Crippen molar-refractivity contribution in [2.75, 3.05) is 25.0 Å². The van der Waals surface area contributed by atoms with E-state index >= 15 is 0 Å². The van der Waals surface area contributed by atoms with Gasteiger partial charge >= 0.3 is 0 Å². The highest BCUT2D eigenvalue weighted by Gasteiger charge is 2.34. The first-order valence-electron chi connectivity index (χ1n) is 6.66. The van der Waals surface area contributed by atoms with Gasteiger partial charge in [-0.25, -0.2) is 0 Å². The van der Waals surface area contributed by atoms with Gasteiger partial charge in [0.15, 0.2) is 0 Å². The summed E-state index contributed by atoms with van der Waals surface area (Å²) in [5.41, 5.74) is 1.10. The second-order valence-electron chi connectivity index (χ2n) is 5.32. The topological polar surface area (TPSA) is 9.23 Å². The molecular weight excluding hydrogens is 347 g/mol. The van der Waals surface area contributed by atoms with E-state index in [-0.39, 0.29) is 5.41 Å². The maximum Gasteiger partial charge on any atom is 0.0468 e. The van der Waals surface area contributed by atoms with E-state index in [2.05, 4.69) is 34.1 Å². The third-order valence-corrected chi connectivity index (χ3v) is 5.49. The zero-order valence-corrected chi connectivity index (χ0v) is 14.0. The van der Waals surface area contributed by atoms with Crippen molar-refractivity contribution in [2.45, 2.75) is 24.7 Å². The third kappa shape index (κ3) is 3.87. The summed E-state index contributed by atoms with van der Waals surface area (Å²) in [6, 6.07) is 8.36. The van der Waals surface area contributed by atoms with Gasteiger partial charge in [0.2, 0.25) is 0 Å². The molecule has 1 heterocycles. The van der Waals surface area contributed by atoms with Crippen molar-refractivity contribution in [3.8, 4) is 0 Å². The van der Waals surface area contributed by atoms with E-state index in [4.69, 9.17) is 27.9 Å². The minimum atomic E-state index is -0.130. The van der Waals surface area contributed by atoms with E-state index < -0.39 is 0 Å². The Hall–Kier alpha value is 0.240. The standard InChI is InChI=1S/C15H19BrCl2O/c16-14-3-1-2-13(8-14)15(10-17,11-18)9-12-4-6-19-7-5-12/h1-3,8,12H,4-7,9-11H2. The summed E-state index contributed by atoms with van der Waals surface area (Å²) < 4.78 is 6.51. The van der Waals surface area contributed by atoms with Crippen LogP contribution >= 0.6 is 39.1 Å². The monoisotopic (exact) mass is 364 g/mol. The van der Waals surface area contributed by atoms with Crippen LogP contribution in [-0.4, -0.2) is 25.0 Å². The minimum Gasteiger partial charge on any atom is -0.381 e. The van der Waals surface area contributed by atoms with Gasteiger partial charge in [-0.2, -0.15) is 0 Å². The average molecular weight is 366 g/mol. The Kier molecular flexibility index (Phi) is 6.01. The smallest absolute Gasteiger partial charge is 0.0468 e. The van der Waals surface area contributed by atoms with E-state index in [1.54, 1.807) is 0 Å². The predicted octanol–water partition coefficient (Wildman–Crippen LogP) is 4.98. The molecule has 1 saturated heterocycles. The van der Waals surface area contributed by atoms with Gasteiger partial charge in [-0.3, -0.25) is 0 Å². The molecule has 0 amide bonds. The number of rotatable bonds is 5. The van der Waals surface area contributed by atoms with Gasteiger partial charge in [0.25, 0.3) is 0 Å². The number of hydrogen-bond acceptors (Lipinski definition) is 1. The Bertz CT molecular complexity index is 401. The summed E-state index contributed by atoms with van der Waals surface area (Å²) in [6.45, 7) is 1.73. The highest BCUT2D eigenvalue weighted by molar-refractivity contribution is 9.10. The molecule has 0 spiro atoms. The predicted molar refractivity (Wildman–Crippen MR) is 85.4 cm³/mol. The lowest BCUT2D eigenvalue weighted by molar-refractivity contribution is 0.0581. The molecule has 0 aromatic heterocycles. The van der Waals surface area contributed by atoms with Crippen LogP contribution in [0.15, 0.2) is 28.7 Å². The Morgan fingerprint density at radius 3 is 2.47 bits per heavy atom. The molecule has 0 saturated carbocycles. The van der Waals surface area contributed by atoms with E-state index in [0.29, 0.717) is 17.7 Å². The van der Waals surface area contributed by atoms with Gasteiger partial charge in [0, 0.05) is 34.9 Å². The third-order valence-electron chi connectivity index (χ3n) is 3.97. The first-order chi connectivity index (χ1) is 9.20. The maximum atomic E-state index is 6.30. The largest absolute Gasteiger partial charge is 0.381 e.